The molecule has 2 rings (SSSR count). The fraction of sp³-hybridized carbons (Fsp3) is 0.467. The maximum Gasteiger partial charge on any atom is 0.0361 e. The molecule has 0 amide bonds. The molecular weight excluding hydrogens is 208 g/mol. The van der Waals surface area contributed by atoms with Gasteiger partial charge in [-0.3, -0.25) is 0 Å². The van der Waals surface area contributed by atoms with E-state index in [9.17, 15) is 0 Å². The third kappa shape index (κ3) is 3.02. The molecule has 0 bridgehead atoms. The minimum Gasteiger partial charge on any atom is -0.378 e. The van der Waals surface area contributed by atoms with Crippen LogP contribution < -0.4 is 4.90 Å². The van der Waals surface area contributed by atoms with Crippen LogP contribution in [0.4, 0.5) is 5.69 Å². The van der Waals surface area contributed by atoms with E-state index in [0.717, 1.165) is 6.42 Å². The normalized spacial score (nSPS) is 17.8. The zero-order valence-electron chi connectivity index (χ0n) is 11.1. The molecule has 92 valence electrons. The van der Waals surface area contributed by atoms with E-state index in [1.165, 1.54) is 36.3 Å². The Balaban J connectivity index is 1.99. The van der Waals surface area contributed by atoms with Gasteiger partial charge in [0, 0.05) is 39.1 Å². The molecular formula is C15H22N2. The van der Waals surface area contributed by atoms with Crippen LogP contribution in [0, 0.1) is 0 Å². The largest absolute Gasteiger partial charge is 0.378 e. The lowest BCUT2D eigenvalue weighted by Crippen LogP contribution is -2.10. The fourth-order valence-electron chi connectivity index (χ4n) is 2.26. The third-order valence-electron chi connectivity index (χ3n) is 3.44. The Morgan fingerprint density at radius 2 is 1.94 bits per heavy atom. The topological polar surface area (TPSA) is 6.48 Å². The Bertz CT molecular complexity index is 390. The minimum atomic E-state index is 1.05. The van der Waals surface area contributed by atoms with E-state index in [-0.39, 0.29) is 0 Å². The van der Waals surface area contributed by atoms with Crippen LogP contribution in [0.5, 0.6) is 0 Å². The number of hydrogen-bond donors (Lipinski definition) is 0. The fourth-order valence-corrected chi connectivity index (χ4v) is 2.26. The monoisotopic (exact) mass is 230 g/mol. The van der Waals surface area contributed by atoms with Gasteiger partial charge in [0.25, 0.3) is 0 Å². The molecule has 0 atom stereocenters. The number of hydrogen-bond acceptors (Lipinski definition) is 2. The van der Waals surface area contributed by atoms with Gasteiger partial charge in [-0.05, 0) is 37.0 Å². The number of nitrogens with zero attached hydrogens (tertiary/aromatic N) is 2. The van der Waals surface area contributed by atoms with E-state index < -0.39 is 0 Å². The molecule has 1 fully saturated rings. The van der Waals surface area contributed by atoms with Crippen molar-refractivity contribution in [2.75, 3.05) is 32.6 Å². The third-order valence-corrected chi connectivity index (χ3v) is 3.44. The minimum absolute atomic E-state index is 1.05. The highest BCUT2D eigenvalue weighted by Crippen LogP contribution is 2.20. The molecule has 0 unspecified atom stereocenters. The quantitative estimate of drug-likeness (QED) is 0.788. The molecule has 0 radical (unpaired) electrons. The summed E-state index contributed by atoms with van der Waals surface area (Å²) in [4.78, 5) is 4.50. The molecule has 1 saturated heterocycles. The van der Waals surface area contributed by atoms with Gasteiger partial charge in [-0.15, -0.1) is 0 Å². The average Bonchev–Trinajstić information content (AvgIpc) is 2.73. The van der Waals surface area contributed by atoms with Crippen molar-refractivity contribution in [3.63, 3.8) is 0 Å². The van der Waals surface area contributed by atoms with Gasteiger partial charge in [-0.25, -0.2) is 0 Å². The summed E-state index contributed by atoms with van der Waals surface area (Å²) in [5.41, 5.74) is 4.16. The molecule has 0 aromatic heterocycles. The SMILES string of the molecule is CN1CCCC1=CCc1ccc(N(C)C)cc1. The van der Waals surface area contributed by atoms with E-state index in [0.29, 0.717) is 0 Å². The van der Waals surface area contributed by atoms with Crippen molar-refractivity contribution in [3.8, 4) is 0 Å². The second kappa shape index (κ2) is 5.26. The summed E-state index contributed by atoms with van der Waals surface area (Å²) in [6.45, 7) is 1.21. The maximum absolute atomic E-state index is 2.37. The smallest absolute Gasteiger partial charge is 0.0361 e. The number of likely N-dealkylation sites (tertiary alicyclic amines) is 1. The molecule has 2 heteroatoms. The van der Waals surface area contributed by atoms with Crippen LogP contribution in [0.1, 0.15) is 18.4 Å². The molecule has 1 heterocycles. The van der Waals surface area contributed by atoms with Crippen molar-refractivity contribution in [2.24, 2.45) is 0 Å². The molecule has 1 aromatic carbocycles. The summed E-state index contributed by atoms with van der Waals surface area (Å²) in [7, 11) is 6.34. The lowest BCUT2D eigenvalue weighted by atomic mass is 10.1. The molecule has 17 heavy (non-hydrogen) atoms. The predicted molar refractivity (Wildman–Crippen MR) is 74.4 cm³/mol. The highest BCUT2D eigenvalue weighted by molar-refractivity contribution is 5.46. The lowest BCUT2D eigenvalue weighted by molar-refractivity contribution is 0.479. The zero-order valence-corrected chi connectivity index (χ0v) is 11.1. The van der Waals surface area contributed by atoms with Crippen molar-refractivity contribution in [3.05, 3.63) is 41.6 Å². The van der Waals surface area contributed by atoms with Gasteiger partial charge >= 0.3 is 0 Å². The Hall–Kier alpha value is -1.44. The van der Waals surface area contributed by atoms with E-state index in [1.807, 2.05) is 0 Å². The number of benzene rings is 1. The summed E-state index contributed by atoms with van der Waals surface area (Å²) in [5.74, 6) is 0. The summed E-state index contributed by atoms with van der Waals surface area (Å²) < 4.78 is 0. The first-order chi connectivity index (χ1) is 8.16. The molecule has 1 aliphatic heterocycles. The van der Waals surface area contributed by atoms with E-state index in [1.54, 1.807) is 0 Å². The van der Waals surface area contributed by atoms with Gasteiger partial charge in [0.15, 0.2) is 0 Å². The van der Waals surface area contributed by atoms with E-state index >= 15 is 0 Å². The first kappa shape index (κ1) is 12.0. The van der Waals surface area contributed by atoms with Crippen molar-refractivity contribution in [1.82, 2.24) is 4.90 Å². The van der Waals surface area contributed by atoms with Gasteiger partial charge in [-0.2, -0.15) is 0 Å². The number of rotatable bonds is 3. The standard InChI is InChI=1S/C15H22N2/c1-16(2)14-9-6-13(7-10-14)8-11-15-5-4-12-17(15)3/h6-7,9-11H,4-5,8,12H2,1-3H3. The van der Waals surface area contributed by atoms with Crippen molar-refractivity contribution >= 4 is 5.69 Å². The van der Waals surface area contributed by atoms with Gasteiger partial charge < -0.3 is 9.80 Å². The van der Waals surface area contributed by atoms with Crippen LogP contribution in [-0.2, 0) is 6.42 Å². The highest BCUT2D eigenvalue weighted by atomic mass is 15.1. The Morgan fingerprint density at radius 3 is 2.47 bits per heavy atom. The predicted octanol–water partition coefficient (Wildman–Crippen LogP) is 2.90. The Morgan fingerprint density at radius 1 is 1.24 bits per heavy atom. The Labute approximate surface area is 105 Å². The molecule has 1 aliphatic rings. The molecule has 0 N–H and O–H groups in total. The zero-order chi connectivity index (χ0) is 12.3. The van der Waals surface area contributed by atoms with Gasteiger partial charge in [-0.1, -0.05) is 18.2 Å². The van der Waals surface area contributed by atoms with Gasteiger partial charge in [0.05, 0.1) is 0 Å². The van der Waals surface area contributed by atoms with Crippen molar-refractivity contribution < 1.29 is 0 Å². The molecule has 0 aliphatic carbocycles. The highest BCUT2D eigenvalue weighted by Gasteiger charge is 2.11. The molecule has 0 saturated carbocycles. The second-order valence-corrected chi connectivity index (χ2v) is 4.99. The number of anilines is 1. The van der Waals surface area contributed by atoms with E-state index in [2.05, 4.69) is 61.3 Å². The summed E-state index contributed by atoms with van der Waals surface area (Å²) in [5, 5.41) is 0. The van der Waals surface area contributed by atoms with Crippen LogP contribution in [0.3, 0.4) is 0 Å². The van der Waals surface area contributed by atoms with Crippen LogP contribution >= 0.6 is 0 Å². The molecule has 0 spiro atoms. The maximum atomic E-state index is 2.37. The molecule has 1 aromatic rings. The average molecular weight is 230 g/mol. The first-order valence-electron chi connectivity index (χ1n) is 6.33. The van der Waals surface area contributed by atoms with Crippen LogP contribution in [-0.4, -0.2) is 32.6 Å². The van der Waals surface area contributed by atoms with Gasteiger partial charge in [0.2, 0.25) is 0 Å². The van der Waals surface area contributed by atoms with Crippen LogP contribution in [0.25, 0.3) is 0 Å². The summed E-state index contributed by atoms with van der Waals surface area (Å²) in [6.07, 6.45) is 5.97. The summed E-state index contributed by atoms with van der Waals surface area (Å²) >= 11 is 0. The van der Waals surface area contributed by atoms with Gasteiger partial charge in [0.1, 0.15) is 0 Å². The van der Waals surface area contributed by atoms with Crippen molar-refractivity contribution in [2.45, 2.75) is 19.3 Å². The van der Waals surface area contributed by atoms with E-state index in [4.69, 9.17) is 0 Å². The summed E-state index contributed by atoms with van der Waals surface area (Å²) in [6, 6.07) is 8.82. The van der Waals surface area contributed by atoms with Crippen molar-refractivity contribution in [1.29, 1.82) is 0 Å². The lowest BCUT2D eigenvalue weighted by Gasteiger charge is -2.13. The molecule has 2 nitrogen and oxygen atoms in total. The Kier molecular flexibility index (Phi) is 3.72. The number of allylic oxidation sites excluding steroid dienone is 2. The second-order valence-electron chi connectivity index (χ2n) is 4.99. The van der Waals surface area contributed by atoms with Crippen LogP contribution in [0.15, 0.2) is 36.0 Å². The first-order valence-corrected chi connectivity index (χ1v) is 6.33. The van der Waals surface area contributed by atoms with Crippen LogP contribution in [0.2, 0.25) is 0 Å².